The van der Waals surface area contributed by atoms with E-state index in [0.717, 1.165) is 26.2 Å². The first-order valence-electron chi connectivity index (χ1n) is 4.07. The lowest BCUT2D eigenvalue weighted by Gasteiger charge is -2.19. The van der Waals surface area contributed by atoms with Crippen LogP contribution in [0.15, 0.2) is 0 Å². The molecule has 1 rings (SSSR count). The lowest BCUT2D eigenvalue weighted by molar-refractivity contribution is -0.0712. The van der Waals surface area contributed by atoms with Crippen LogP contribution >= 0.6 is 8.25 Å². The number of hydroxylamine groups is 2. The maximum absolute atomic E-state index is 11.0. The second-order valence-electron chi connectivity index (χ2n) is 2.40. The predicted molar refractivity (Wildman–Crippen MR) is 44.8 cm³/mol. The summed E-state index contributed by atoms with van der Waals surface area (Å²) in [5.74, 6) is 0. The lowest BCUT2D eigenvalue weighted by Crippen LogP contribution is -2.42. The van der Waals surface area contributed by atoms with Gasteiger partial charge in [-0.05, 0) is 11.5 Å². The van der Waals surface area contributed by atoms with Crippen molar-refractivity contribution >= 4 is 8.25 Å². The van der Waals surface area contributed by atoms with Crippen molar-refractivity contribution in [3.63, 3.8) is 0 Å². The Labute approximate surface area is 72.9 Å². The van der Waals surface area contributed by atoms with Gasteiger partial charge in [0.25, 0.3) is 0 Å². The molecule has 0 saturated carbocycles. The Hall–Kier alpha value is -0.0600. The number of rotatable bonds is 4. The molecule has 0 aliphatic carbocycles. The summed E-state index contributed by atoms with van der Waals surface area (Å²) in [6.07, 6.45) is 0. The average Bonchev–Trinajstić information content (AvgIpc) is 2.06. The van der Waals surface area contributed by atoms with Crippen LogP contribution in [0.1, 0.15) is 6.92 Å². The molecule has 0 spiro atoms. The number of nitrogens with one attached hydrogen (secondary N) is 1. The van der Waals surface area contributed by atoms with E-state index in [2.05, 4.69) is 5.32 Å². The van der Waals surface area contributed by atoms with Crippen LogP contribution in [0.4, 0.5) is 0 Å². The molecule has 1 fully saturated rings. The van der Waals surface area contributed by atoms with Gasteiger partial charge < -0.3 is 5.32 Å². The van der Waals surface area contributed by atoms with E-state index in [1.165, 1.54) is 0 Å². The van der Waals surface area contributed by atoms with Crippen molar-refractivity contribution in [1.82, 2.24) is 10.4 Å². The molecule has 70 valence electrons. The van der Waals surface area contributed by atoms with Crippen LogP contribution in [-0.2, 0) is 13.7 Å². The van der Waals surface area contributed by atoms with E-state index in [4.69, 9.17) is 9.15 Å². The third-order valence-electron chi connectivity index (χ3n) is 1.49. The van der Waals surface area contributed by atoms with Crippen molar-refractivity contribution in [2.75, 3.05) is 32.8 Å². The molecule has 0 aromatic carbocycles. The molecule has 0 aromatic heterocycles. The summed E-state index contributed by atoms with van der Waals surface area (Å²) < 4.78 is 20.7. The topological polar surface area (TPSA) is 50.8 Å². The standard InChI is InChI=1S/C6H14N2O3P/c1-2-10-12(9)11-8-5-3-7-4-6-8/h7H,2-6H2,1H3/q+1. The first-order valence-corrected chi connectivity index (χ1v) is 5.16. The first-order chi connectivity index (χ1) is 5.83. The third-order valence-corrected chi connectivity index (χ3v) is 2.33. The Morgan fingerprint density at radius 1 is 1.50 bits per heavy atom. The Bertz CT molecular complexity index is 150. The molecule has 5 nitrogen and oxygen atoms in total. The van der Waals surface area contributed by atoms with Crippen molar-refractivity contribution in [3.8, 4) is 0 Å². The molecule has 1 aliphatic rings. The third kappa shape index (κ3) is 3.56. The summed E-state index contributed by atoms with van der Waals surface area (Å²) in [5, 5.41) is 4.83. The van der Waals surface area contributed by atoms with Gasteiger partial charge in [-0.25, -0.2) is 0 Å². The molecule has 1 atom stereocenters. The quantitative estimate of drug-likeness (QED) is 0.659. The SMILES string of the molecule is CCO[P+](=O)ON1CCNCC1. The second kappa shape index (κ2) is 5.56. The summed E-state index contributed by atoms with van der Waals surface area (Å²) in [5.41, 5.74) is 0. The molecule has 0 aromatic rings. The molecule has 12 heavy (non-hydrogen) atoms. The fraction of sp³-hybridized carbons (Fsp3) is 1.00. The average molecular weight is 193 g/mol. The van der Waals surface area contributed by atoms with Crippen LogP contribution in [0.3, 0.4) is 0 Å². The summed E-state index contributed by atoms with van der Waals surface area (Å²) >= 11 is 0. The van der Waals surface area contributed by atoms with E-state index in [1.807, 2.05) is 0 Å². The number of hydrogen-bond acceptors (Lipinski definition) is 5. The van der Waals surface area contributed by atoms with Crippen LogP contribution < -0.4 is 5.32 Å². The smallest absolute Gasteiger partial charge is 0.314 e. The van der Waals surface area contributed by atoms with Crippen molar-refractivity contribution in [2.24, 2.45) is 0 Å². The van der Waals surface area contributed by atoms with E-state index >= 15 is 0 Å². The lowest BCUT2D eigenvalue weighted by atomic mass is 10.4. The number of hydrogen-bond donors (Lipinski definition) is 1. The maximum Gasteiger partial charge on any atom is 0.716 e. The fourth-order valence-electron chi connectivity index (χ4n) is 0.949. The van der Waals surface area contributed by atoms with Crippen LogP contribution in [0.2, 0.25) is 0 Å². The van der Waals surface area contributed by atoms with Gasteiger partial charge in [-0.3, -0.25) is 0 Å². The number of nitrogens with zero attached hydrogens (tertiary/aromatic N) is 1. The molecule has 0 bridgehead atoms. The van der Waals surface area contributed by atoms with Crippen molar-refractivity contribution in [2.45, 2.75) is 6.92 Å². The van der Waals surface area contributed by atoms with E-state index in [9.17, 15) is 4.57 Å². The van der Waals surface area contributed by atoms with E-state index in [1.54, 1.807) is 12.0 Å². The van der Waals surface area contributed by atoms with Crippen LogP contribution in [0.5, 0.6) is 0 Å². The molecule has 0 amide bonds. The largest absolute Gasteiger partial charge is 0.716 e. The highest BCUT2D eigenvalue weighted by atomic mass is 31.1. The van der Waals surface area contributed by atoms with Gasteiger partial charge in [0, 0.05) is 30.7 Å². The highest BCUT2D eigenvalue weighted by Gasteiger charge is 2.26. The van der Waals surface area contributed by atoms with Crippen LogP contribution in [0.25, 0.3) is 0 Å². The number of piperazine rings is 1. The zero-order valence-electron chi connectivity index (χ0n) is 7.15. The minimum absolute atomic E-state index is 0.418. The molecule has 1 unspecified atom stereocenters. The predicted octanol–water partition coefficient (Wildman–Crippen LogP) is 0.517. The van der Waals surface area contributed by atoms with Gasteiger partial charge in [0.05, 0.1) is 0 Å². The highest BCUT2D eigenvalue weighted by Crippen LogP contribution is 2.24. The van der Waals surface area contributed by atoms with Gasteiger partial charge in [0.15, 0.2) is 0 Å². The van der Waals surface area contributed by atoms with Gasteiger partial charge in [-0.1, -0.05) is 0 Å². The molecule has 6 heteroatoms. The van der Waals surface area contributed by atoms with Crippen LogP contribution in [-0.4, -0.2) is 37.8 Å². The minimum atomic E-state index is -1.96. The van der Waals surface area contributed by atoms with E-state index in [-0.39, 0.29) is 0 Å². The normalized spacial score (nSPS) is 20.9. The molecule has 1 aliphatic heterocycles. The van der Waals surface area contributed by atoms with Crippen molar-refractivity contribution in [3.05, 3.63) is 0 Å². The summed E-state index contributed by atoms with van der Waals surface area (Å²) in [6.45, 7) is 5.46. The van der Waals surface area contributed by atoms with Crippen molar-refractivity contribution in [1.29, 1.82) is 0 Å². The zero-order valence-corrected chi connectivity index (χ0v) is 8.05. The molecule has 1 saturated heterocycles. The molecule has 1 N–H and O–H groups in total. The zero-order chi connectivity index (χ0) is 8.81. The Morgan fingerprint density at radius 3 is 2.75 bits per heavy atom. The fourth-order valence-corrected chi connectivity index (χ4v) is 1.56. The van der Waals surface area contributed by atoms with Gasteiger partial charge in [0.1, 0.15) is 6.61 Å². The van der Waals surface area contributed by atoms with E-state index in [0.29, 0.717) is 6.61 Å². The van der Waals surface area contributed by atoms with Crippen LogP contribution in [0, 0.1) is 0 Å². The second-order valence-corrected chi connectivity index (χ2v) is 3.27. The summed E-state index contributed by atoms with van der Waals surface area (Å²) in [4.78, 5) is 0. The van der Waals surface area contributed by atoms with Gasteiger partial charge in [-0.2, -0.15) is 0 Å². The van der Waals surface area contributed by atoms with Crippen molar-refractivity contribution < 1.29 is 13.7 Å². The molecule has 1 heterocycles. The van der Waals surface area contributed by atoms with Gasteiger partial charge >= 0.3 is 8.25 Å². The summed E-state index contributed by atoms with van der Waals surface area (Å²) in [7, 11) is -1.96. The molecular formula is C6H14N2O3P+. The maximum atomic E-state index is 11.0. The Kier molecular flexibility index (Phi) is 4.65. The van der Waals surface area contributed by atoms with Gasteiger partial charge in [0.2, 0.25) is 0 Å². The van der Waals surface area contributed by atoms with Gasteiger partial charge in [-0.15, -0.1) is 9.59 Å². The molecular weight excluding hydrogens is 179 g/mol. The monoisotopic (exact) mass is 193 g/mol. The Morgan fingerprint density at radius 2 is 2.17 bits per heavy atom. The Balaban J connectivity index is 2.15. The summed E-state index contributed by atoms with van der Waals surface area (Å²) in [6, 6.07) is 0. The van der Waals surface area contributed by atoms with E-state index < -0.39 is 8.25 Å². The molecule has 0 radical (unpaired) electrons. The minimum Gasteiger partial charge on any atom is -0.314 e. The first kappa shape index (κ1) is 10.0. The highest BCUT2D eigenvalue weighted by molar-refractivity contribution is 7.33.